The van der Waals surface area contributed by atoms with Crippen LogP contribution in [0.25, 0.3) is 0 Å². The highest BCUT2D eigenvalue weighted by atomic mass is 32.2. The van der Waals surface area contributed by atoms with Crippen LogP contribution in [0.15, 0.2) is 29.4 Å². The second-order valence-electron chi connectivity index (χ2n) is 6.25. The molecule has 0 spiro atoms. The monoisotopic (exact) mass is 397 g/mol. The SMILES string of the molecule is C/C=C/COc1cc(C)c(OCCCS(=O)(=O)C/C(CC)=N/OC)c(C)c1. The summed E-state index contributed by atoms with van der Waals surface area (Å²) in [6, 6.07) is 3.86. The van der Waals surface area contributed by atoms with E-state index in [0.717, 1.165) is 22.6 Å². The van der Waals surface area contributed by atoms with Gasteiger partial charge in [0.2, 0.25) is 0 Å². The Kier molecular flexibility index (Phi) is 9.93. The van der Waals surface area contributed by atoms with E-state index in [1.54, 1.807) is 0 Å². The van der Waals surface area contributed by atoms with E-state index in [0.29, 0.717) is 31.8 Å². The van der Waals surface area contributed by atoms with E-state index >= 15 is 0 Å². The Bertz CT molecular complexity index is 731. The maximum absolute atomic E-state index is 12.2. The minimum Gasteiger partial charge on any atom is -0.493 e. The molecule has 0 saturated heterocycles. The summed E-state index contributed by atoms with van der Waals surface area (Å²) in [5.74, 6) is 1.55. The summed E-state index contributed by atoms with van der Waals surface area (Å²) in [5.41, 5.74) is 2.46. The number of ether oxygens (including phenoxy) is 2. The highest BCUT2D eigenvalue weighted by molar-refractivity contribution is 7.92. The fourth-order valence-electron chi connectivity index (χ4n) is 2.56. The van der Waals surface area contributed by atoms with Gasteiger partial charge in [-0.3, -0.25) is 0 Å². The molecule has 0 bridgehead atoms. The quantitative estimate of drug-likeness (QED) is 0.232. The van der Waals surface area contributed by atoms with Gasteiger partial charge in [-0.15, -0.1) is 0 Å². The normalized spacial score (nSPS) is 12.4. The van der Waals surface area contributed by atoms with Crippen molar-refractivity contribution in [3.05, 3.63) is 35.4 Å². The molecule has 0 aliphatic heterocycles. The lowest BCUT2D eigenvalue weighted by Crippen LogP contribution is -2.20. The maximum atomic E-state index is 12.2. The van der Waals surface area contributed by atoms with E-state index in [-0.39, 0.29) is 11.5 Å². The van der Waals surface area contributed by atoms with E-state index in [9.17, 15) is 8.42 Å². The molecule has 0 saturated carbocycles. The summed E-state index contributed by atoms with van der Waals surface area (Å²) in [4.78, 5) is 4.68. The molecule has 0 radical (unpaired) electrons. The molecule has 0 amide bonds. The van der Waals surface area contributed by atoms with E-state index < -0.39 is 9.84 Å². The molecular weight excluding hydrogens is 366 g/mol. The Morgan fingerprint density at radius 1 is 1.19 bits per heavy atom. The van der Waals surface area contributed by atoms with Crippen LogP contribution < -0.4 is 9.47 Å². The van der Waals surface area contributed by atoms with Crippen molar-refractivity contribution in [2.45, 2.75) is 40.5 Å². The molecule has 152 valence electrons. The molecule has 27 heavy (non-hydrogen) atoms. The number of hydrogen-bond acceptors (Lipinski definition) is 6. The third kappa shape index (κ3) is 8.47. The van der Waals surface area contributed by atoms with Crippen LogP contribution in [0.3, 0.4) is 0 Å². The number of rotatable bonds is 12. The van der Waals surface area contributed by atoms with Gasteiger partial charge >= 0.3 is 0 Å². The molecule has 0 aliphatic carbocycles. The van der Waals surface area contributed by atoms with E-state index in [4.69, 9.17) is 9.47 Å². The van der Waals surface area contributed by atoms with Crippen LogP contribution in [0.2, 0.25) is 0 Å². The standard InChI is InChI=1S/C20H31NO5S/c1-6-8-10-25-19-13-16(3)20(17(4)14-19)26-11-9-12-27(22,23)15-18(7-2)21-24-5/h6,8,13-14H,7,9-12,15H2,1-5H3/b8-6+,21-18+. The van der Waals surface area contributed by atoms with Crippen LogP contribution in [0.1, 0.15) is 37.8 Å². The molecular formula is C20H31NO5S. The lowest BCUT2D eigenvalue weighted by molar-refractivity contribution is 0.212. The minimum atomic E-state index is -3.23. The molecule has 0 N–H and O–H groups in total. The van der Waals surface area contributed by atoms with Crippen molar-refractivity contribution < 1.29 is 22.7 Å². The lowest BCUT2D eigenvalue weighted by atomic mass is 10.1. The van der Waals surface area contributed by atoms with Gasteiger partial charge in [0.15, 0.2) is 9.84 Å². The van der Waals surface area contributed by atoms with Crippen LogP contribution in [0.5, 0.6) is 11.5 Å². The zero-order valence-electron chi connectivity index (χ0n) is 16.9. The van der Waals surface area contributed by atoms with Gasteiger partial charge < -0.3 is 14.3 Å². The maximum Gasteiger partial charge on any atom is 0.155 e. The van der Waals surface area contributed by atoms with Gasteiger partial charge in [-0.05, 0) is 56.9 Å². The average Bonchev–Trinajstić information content (AvgIpc) is 2.60. The highest BCUT2D eigenvalue weighted by Crippen LogP contribution is 2.28. The van der Waals surface area contributed by atoms with Crippen molar-refractivity contribution in [2.75, 3.05) is 31.8 Å². The molecule has 0 aliphatic rings. The molecule has 6 nitrogen and oxygen atoms in total. The number of sulfone groups is 1. The number of hydrogen-bond donors (Lipinski definition) is 0. The van der Waals surface area contributed by atoms with E-state index in [1.165, 1.54) is 7.11 Å². The Balaban J connectivity index is 2.57. The predicted molar refractivity (Wildman–Crippen MR) is 110 cm³/mol. The van der Waals surface area contributed by atoms with Crippen molar-refractivity contribution in [1.29, 1.82) is 0 Å². The van der Waals surface area contributed by atoms with Gasteiger partial charge in [0.25, 0.3) is 0 Å². The molecule has 7 heteroatoms. The number of benzene rings is 1. The van der Waals surface area contributed by atoms with Crippen molar-refractivity contribution in [1.82, 2.24) is 0 Å². The van der Waals surface area contributed by atoms with Crippen LogP contribution in [-0.2, 0) is 14.7 Å². The fourth-order valence-corrected chi connectivity index (χ4v) is 4.03. The van der Waals surface area contributed by atoms with Gasteiger partial charge in [0.05, 0.1) is 23.8 Å². The zero-order valence-corrected chi connectivity index (χ0v) is 17.8. The minimum absolute atomic E-state index is 0.0539. The number of aryl methyl sites for hydroxylation is 2. The average molecular weight is 398 g/mol. The summed E-state index contributed by atoms with van der Waals surface area (Å²) in [7, 11) is -1.81. The first-order valence-electron chi connectivity index (χ1n) is 9.10. The zero-order chi connectivity index (χ0) is 20.3. The molecule has 1 aromatic carbocycles. The van der Waals surface area contributed by atoms with Crippen LogP contribution in [0, 0.1) is 13.8 Å². The summed E-state index contributed by atoms with van der Waals surface area (Å²) in [6.07, 6.45) is 4.85. The lowest BCUT2D eigenvalue weighted by Gasteiger charge is -2.14. The Labute approximate surface area is 163 Å². The predicted octanol–water partition coefficient (Wildman–Crippen LogP) is 3.85. The smallest absolute Gasteiger partial charge is 0.155 e. The van der Waals surface area contributed by atoms with Gasteiger partial charge in [-0.25, -0.2) is 8.42 Å². The third-order valence-electron chi connectivity index (χ3n) is 3.88. The molecule has 0 heterocycles. The molecule has 0 atom stereocenters. The largest absolute Gasteiger partial charge is 0.493 e. The summed E-state index contributed by atoms with van der Waals surface area (Å²) >= 11 is 0. The first kappa shape index (κ1) is 23.0. The van der Waals surface area contributed by atoms with E-state index in [2.05, 4.69) is 9.99 Å². The topological polar surface area (TPSA) is 74.2 Å². The molecule has 0 unspecified atom stereocenters. The number of allylic oxidation sites excluding steroid dienone is 1. The number of nitrogens with zero attached hydrogens (tertiary/aromatic N) is 1. The second-order valence-corrected chi connectivity index (χ2v) is 8.44. The first-order valence-corrected chi connectivity index (χ1v) is 10.9. The summed E-state index contributed by atoms with van der Waals surface area (Å²) in [5, 5.41) is 3.75. The van der Waals surface area contributed by atoms with Gasteiger partial charge in [-0.1, -0.05) is 24.2 Å². The molecule has 0 fully saturated rings. The second kappa shape index (κ2) is 11.6. The van der Waals surface area contributed by atoms with Crippen molar-refractivity contribution in [2.24, 2.45) is 5.16 Å². The Hall–Kier alpha value is -2.02. The number of oxime groups is 1. The van der Waals surface area contributed by atoms with Gasteiger partial charge in [0, 0.05) is 0 Å². The third-order valence-corrected chi connectivity index (χ3v) is 5.56. The Morgan fingerprint density at radius 2 is 1.85 bits per heavy atom. The van der Waals surface area contributed by atoms with Gasteiger partial charge in [-0.2, -0.15) is 0 Å². The molecule has 0 aromatic heterocycles. The van der Waals surface area contributed by atoms with E-state index in [1.807, 2.05) is 52.0 Å². The van der Waals surface area contributed by atoms with Crippen molar-refractivity contribution in [3.8, 4) is 11.5 Å². The fraction of sp³-hybridized carbons (Fsp3) is 0.550. The Morgan fingerprint density at radius 3 is 2.41 bits per heavy atom. The highest BCUT2D eigenvalue weighted by Gasteiger charge is 2.15. The van der Waals surface area contributed by atoms with Gasteiger partial charge in [0.1, 0.15) is 25.2 Å². The summed E-state index contributed by atoms with van der Waals surface area (Å²) in [6.45, 7) is 8.58. The summed E-state index contributed by atoms with van der Waals surface area (Å²) < 4.78 is 35.8. The first-order chi connectivity index (χ1) is 12.8. The van der Waals surface area contributed by atoms with Crippen molar-refractivity contribution >= 4 is 15.5 Å². The molecule has 1 aromatic rings. The van der Waals surface area contributed by atoms with Crippen LogP contribution in [-0.4, -0.2) is 46.0 Å². The van der Waals surface area contributed by atoms with Crippen molar-refractivity contribution in [3.63, 3.8) is 0 Å². The molecule has 1 rings (SSSR count). The van der Waals surface area contributed by atoms with Crippen LogP contribution in [0.4, 0.5) is 0 Å². The van der Waals surface area contributed by atoms with Crippen LogP contribution >= 0.6 is 0 Å².